The maximum atomic E-state index is 13.4. The zero-order valence-corrected chi connectivity index (χ0v) is 19.6. The van der Waals surface area contributed by atoms with Crippen molar-refractivity contribution in [3.63, 3.8) is 0 Å². The monoisotopic (exact) mass is 512 g/mol. The first-order valence-electron chi connectivity index (χ1n) is 10.3. The van der Waals surface area contributed by atoms with Crippen LogP contribution < -0.4 is 0 Å². The SMILES string of the molecule is O=C(CC(=O)Sc1ccc(-c2ccc(F)c(F)c2)cc1)Sc1ccc(-c2ccc(F)c(F)c2)cc1. The summed E-state index contributed by atoms with van der Waals surface area (Å²) in [6.45, 7) is 0. The predicted octanol–water partition coefficient (Wildman–Crippen LogP) is 7.90. The van der Waals surface area contributed by atoms with Crippen molar-refractivity contribution < 1.29 is 27.2 Å². The number of carbonyl (C=O) groups excluding carboxylic acids is 2. The molecule has 0 aliphatic heterocycles. The van der Waals surface area contributed by atoms with Gasteiger partial charge in [-0.1, -0.05) is 59.9 Å². The molecule has 0 amide bonds. The van der Waals surface area contributed by atoms with Crippen LogP contribution in [0.4, 0.5) is 17.6 Å². The smallest absolute Gasteiger partial charge is 0.201 e. The zero-order valence-electron chi connectivity index (χ0n) is 17.9. The van der Waals surface area contributed by atoms with Crippen molar-refractivity contribution in [2.45, 2.75) is 16.2 Å². The van der Waals surface area contributed by atoms with Gasteiger partial charge in [-0.05, 0) is 70.8 Å². The molecule has 35 heavy (non-hydrogen) atoms. The summed E-state index contributed by atoms with van der Waals surface area (Å²) >= 11 is 1.84. The van der Waals surface area contributed by atoms with Crippen LogP contribution in [-0.4, -0.2) is 10.2 Å². The molecule has 0 saturated heterocycles. The molecule has 4 aromatic carbocycles. The van der Waals surface area contributed by atoms with Crippen LogP contribution in [-0.2, 0) is 9.59 Å². The van der Waals surface area contributed by atoms with Crippen molar-refractivity contribution in [1.29, 1.82) is 0 Å². The molecule has 0 radical (unpaired) electrons. The molecular weight excluding hydrogens is 496 g/mol. The van der Waals surface area contributed by atoms with Crippen molar-refractivity contribution in [2.75, 3.05) is 0 Å². The third kappa shape index (κ3) is 6.41. The standard InChI is InChI=1S/C27H16F4O2S2/c28-22-11-5-18(13-24(22)30)16-1-7-20(8-2-16)34-26(32)15-27(33)35-21-9-3-17(4-10-21)19-6-12-23(29)25(31)14-19/h1-14H,15H2. The average Bonchev–Trinajstić information content (AvgIpc) is 2.83. The Morgan fingerprint density at radius 2 is 0.829 bits per heavy atom. The number of rotatable bonds is 6. The molecule has 0 aromatic heterocycles. The van der Waals surface area contributed by atoms with E-state index in [1.165, 1.54) is 12.1 Å². The molecule has 0 atom stereocenters. The molecule has 0 heterocycles. The number of carbonyl (C=O) groups is 2. The van der Waals surface area contributed by atoms with E-state index >= 15 is 0 Å². The van der Waals surface area contributed by atoms with Gasteiger partial charge in [-0.3, -0.25) is 9.59 Å². The lowest BCUT2D eigenvalue weighted by Crippen LogP contribution is -2.00. The van der Waals surface area contributed by atoms with Crippen molar-refractivity contribution in [1.82, 2.24) is 0 Å². The van der Waals surface area contributed by atoms with E-state index in [4.69, 9.17) is 0 Å². The number of thioether (sulfide) groups is 2. The second kappa shape index (κ2) is 10.9. The predicted molar refractivity (Wildman–Crippen MR) is 130 cm³/mol. The van der Waals surface area contributed by atoms with Gasteiger partial charge in [-0.25, -0.2) is 17.6 Å². The van der Waals surface area contributed by atoms with Gasteiger partial charge in [0.05, 0.1) is 6.42 Å². The number of hydrogen-bond acceptors (Lipinski definition) is 4. The van der Waals surface area contributed by atoms with E-state index in [2.05, 4.69) is 0 Å². The van der Waals surface area contributed by atoms with E-state index in [1.807, 2.05) is 0 Å². The van der Waals surface area contributed by atoms with Gasteiger partial charge in [0, 0.05) is 9.79 Å². The van der Waals surface area contributed by atoms with Gasteiger partial charge in [0.25, 0.3) is 0 Å². The zero-order chi connectivity index (χ0) is 24.9. The Hall–Kier alpha value is -3.36. The summed E-state index contributed by atoms with van der Waals surface area (Å²) in [5.41, 5.74) is 2.35. The Morgan fingerprint density at radius 3 is 1.17 bits per heavy atom. The van der Waals surface area contributed by atoms with E-state index in [0.29, 0.717) is 32.0 Å². The minimum absolute atomic E-state index is 0.287. The molecule has 0 aliphatic rings. The summed E-state index contributed by atoms with van der Waals surface area (Å²) in [7, 11) is 0. The molecule has 4 rings (SSSR count). The molecule has 2 nitrogen and oxygen atoms in total. The normalized spacial score (nSPS) is 10.9. The average molecular weight is 513 g/mol. The quantitative estimate of drug-likeness (QED) is 0.149. The lowest BCUT2D eigenvalue weighted by molar-refractivity contribution is -0.117. The fourth-order valence-electron chi connectivity index (χ4n) is 3.24. The van der Waals surface area contributed by atoms with Gasteiger partial charge >= 0.3 is 0 Å². The van der Waals surface area contributed by atoms with Gasteiger partial charge in [0.1, 0.15) is 0 Å². The molecular formula is C27H16F4O2S2. The third-order valence-electron chi connectivity index (χ3n) is 4.97. The highest BCUT2D eigenvalue weighted by molar-refractivity contribution is 8.15. The largest absolute Gasteiger partial charge is 0.286 e. The van der Waals surface area contributed by atoms with E-state index in [9.17, 15) is 27.2 Å². The molecule has 0 aliphatic carbocycles. The van der Waals surface area contributed by atoms with Gasteiger partial charge in [-0.15, -0.1) is 0 Å². The number of halogens is 4. The lowest BCUT2D eigenvalue weighted by atomic mass is 10.1. The summed E-state index contributed by atoms with van der Waals surface area (Å²) in [4.78, 5) is 25.9. The molecule has 4 aromatic rings. The van der Waals surface area contributed by atoms with E-state index < -0.39 is 23.3 Å². The van der Waals surface area contributed by atoms with Crippen molar-refractivity contribution >= 4 is 33.8 Å². The summed E-state index contributed by atoms with van der Waals surface area (Å²) in [6.07, 6.45) is -0.287. The minimum atomic E-state index is -0.939. The maximum absolute atomic E-state index is 13.4. The molecule has 0 bridgehead atoms. The maximum Gasteiger partial charge on any atom is 0.201 e. The van der Waals surface area contributed by atoms with E-state index in [-0.39, 0.29) is 16.7 Å². The minimum Gasteiger partial charge on any atom is -0.286 e. The second-order valence-corrected chi connectivity index (χ2v) is 9.69. The van der Waals surface area contributed by atoms with Crippen LogP contribution in [0.1, 0.15) is 6.42 Å². The van der Waals surface area contributed by atoms with E-state index in [1.54, 1.807) is 48.5 Å². The summed E-state index contributed by atoms with van der Waals surface area (Å²) < 4.78 is 53.1. The van der Waals surface area contributed by atoms with Crippen LogP contribution in [0.3, 0.4) is 0 Å². The van der Waals surface area contributed by atoms with Crippen molar-refractivity contribution in [3.8, 4) is 22.3 Å². The first-order valence-corrected chi connectivity index (χ1v) is 11.9. The van der Waals surface area contributed by atoms with Crippen LogP contribution in [0.2, 0.25) is 0 Å². The van der Waals surface area contributed by atoms with Crippen LogP contribution in [0, 0.1) is 23.3 Å². The molecule has 0 N–H and O–H groups in total. The number of hydrogen-bond donors (Lipinski definition) is 0. The van der Waals surface area contributed by atoms with Crippen LogP contribution >= 0.6 is 23.5 Å². The molecule has 0 saturated carbocycles. The Labute approximate surface area is 207 Å². The van der Waals surface area contributed by atoms with Gasteiger partial charge in [0.2, 0.25) is 10.2 Å². The van der Waals surface area contributed by atoms with Crippen molar-refractivity contribution in [3.05, 3.63) is 108 Å². The fraction of sp³-hybridized carbons (Fsp3) is 0.0370. The molecule has 176 valence electrons. The third-order valence-corrected chi connectivity index (χ3v) is 6.73. The summed E-state index contributed by atoms with van der Waals surface area (Å²) in [6, 6.07) is 20.7. The van der Waals surface area contributed by atoms with Gasteiger partial charge in [-0.2, -0.15) is 0 Å². The highest BCUT2D eigenvalue weighted by Crippen LogP contribution is 2.29. The highest BCUT2D eigenvalue weighted by atomic mass is 32.2. The van der Waals surface area contributed by atoms with Gasteiger partial charge < -0.3 is 0 Å². The Morgan fingerprint density at radius 1 is 0.486 bits per heavy atom. The van der Waals surface area contributed by atoms with Crippen LogP contribution in [0.5, 0.6) is 0 Å². The van der Waals surface area contributed by atoms with Crippen LogP contribution in [0.15, 0.2) is 94.7 Å². The van der Waals surface area contributed by atoms with E-state index in [0.717, 1.165) is 47.8 Å². The Balaban J connectivity index is 1.31. The first-order chi connectivity index (χ1) is 16.8. The first kappa shape index (κ1) is 24.8. The molecule has 0 spiro atoms. The fourth-order valence-corrected chi connectivity index (χ4v) is 4.80. The van der Waals surface area contributed by atoms with Crippen molar-refractivity contribution in [2.24, 2.45) is 0 Å². The molecule has 8 heteroatoms. The highest BCUT2D eigenvalue weighted by Gasteiger charge is 2.14. The molecule has 0 fully saturated rings. The second-order valence-electron chi connectivity index (χ2n) is 7.43. The van der Waals surface area contributed by atoms with Crippen LogP contribution in [0.25, 0.3) is 22.3 Å². The lowest BCUT2D eigenvalue weighted by Gasteiger charge is -2.06. The topological polar surface area (TPSA) is 34.1 Å². The Kier molecular flexibility index (Phi) is 7.73. The Bertz CT molecular complexity index is 1280. The van der Waals surface area contributed by atoms with Gasteiger partial charge in [0.15, 0.2) is 23.3 Å². The summed E-state index contributed by atoms with van der Waals surface area (Å²) in [5.74, 6) is -3.72. The number of benzene rings is 4. The summed E-state index contributed by atoms with van der Waals surface area (Å²) in [5, 5.41) is -0.664. The molecule has 0 unspecified atom stereocenters.